The van der Waals surface area contributed by atoms with Crippen LogP contribution < -0.4 is 0 Å². The van der Waals surface area contributed by atoms with E-state index in [2.05, 4.69) is 5.16 Å². The lowest BCUT2D eigenvalue weighted by atomic mass is 10.3. The van der Waals surface area contributed by atoms with Crippen LogP contribution >= 0.6 is 0 Å². The van der Waals surface area contributed by atoms with Gasteiger partial charge in [0, 0.05) is 13.0 Å². The second kappa shape index (κ2) is 3.49. The lowest BCUT2D eigenvalue weighted by molar-refractivity contribution is 0.100. The summed E-state index contributed by atoms with van der Waals surface area (Å²) < 4.78 is 4.92. The molecule has 0 amide bonds. The second-order valence-electron chi connectivity index (χ2n) is 2.97. The Bertz CT molecular complexity index is 278. The van der Waals surface area contributed by atoms with Crippen LogP contribution in [-0.2, 0) is 6.54 Å². The average molecular weight is 168 g/mol. The van der Waals surface area contributed by atoms with E-state index < -0.39 is 0 Å². The van der Waals surface area contributed by atoms with Crippen molar-refractivity contribution in [1.29, 1.82) is 0 Å². The fourth-order valence-corrected chi connectivity index (χ4v) is 0.865. The third-order valence-corrected chi connectivity index (χ3v) is 1.39. The average Bonchev–Trinajstić information content (AvgIpc) is 2.34. The van der Waals surface area contributed by atoms with Crippen LogP contribution in [0, 0.1) is 0 Å². The van der Waals surface area contributed by atoms with Crippen LogP contribution in [0.5, 0.6) is 0 Å². The Morgan fingerprint density at radius 2 is 2.33 bits per heavy atom. The lowest BCUT2D eigenvalue weighted by Crippen LogP contribution is -2.09. The van der Waals surface area contributed by atoms with Crippen molar-refractivity contribution in [2.45, 2.75) is 13.5 Å². The molecule has 66 valence electrons. The molecule has 1 heterocycles. The van der Waals surface area contributed by atoms with Crippen molar-refractivity contribution in [3.63, 3.8) is 0 Å². The summed E-state index contributed by atoms with van der Waals surface area (Å²) in [6, 6.07) is 1.67. The Hall–Kier alpha value is -1.16. The molecule has 1 rings (SSSR count). The maximum absolute atomic E-state index is 10.8. The molecule has 0 atom stereocenters. The third kappa shape index (κ3) is 2.17. The van der Waals surface area contributed by atoms with Crippen molar-refractivity contribution in [1.82, 2.24) is 10.1 Å². The van der Waals surface area contributed by atoms with Gasteiger partial charge in [0.2, 0.25) is 0 Å². The molecule has 1 aromatic heterocycles. The number of nitrogens with zero attached hydrogens (tertiary/aromatic N) is 2. The normalized spacial score (nSPS) is 10.7. The maximum atomic E-state index is 10.8. The van der Waals surface area contributed by atoms with E-state index in [9.17, 15) is 4.79 Å². The summed E-state index contributed by atoms with van der Waals surface area (Å²) >= 11 is 0. The van der Waals surface area contributed by atoms with E-state index in [-0.39, 0.29) is 5.78 Å². The van der Waals surface area contributed by atoms with Gasteiger partial charge in [-0.2, -0.15) is 0 Å². The highest BCUT2D eigenvalue weighted by atomic mass is 16.5. The molecule has 0 aliphatic heterocycles. The van der Waals surface area contributed by atoms with Gasteiger partial charge in [-0.25, -0.2) is 0 Å². The number of aromatic nitrogens is 1. The van der Waals surface area contributed by atoms with Gasteiger partial charge in [0.15, 0.2) is 11.5 Å². The molecule has 0 N–H and O–H groups in total. The van der Waals surface area contributed by atoms with Crippen LogP contribution in [-0.4, -0.2) is 29.9 Å². The predicted octanol–water partition coefficient (Wildman–Crippen LogP) is 0.939. The van der Waals surface area contributed by atoms with E-state index in [0.717, 1.165) is 0 Å². The third-order valence-electron chi connectivity index (χ3n) is 1.39. The first kappa shape index (κ1) is 8.93. The van der Waals surface area contributed by atoms with E-state index in [0.29, 0.717) is 18.0 Å². The van der Waals surface area contributed by atoms with Gasteiger partial charge >= 0.3 is 0 Å². The maximum Gasteiger partial charge on any atom is 0.181 e. The molecule has 1 aromatic rings. The fraction of sp³-hybridized carbons (Fsp3) is 0.500. The van der Waals surface area contributed by atoms with Gasteiger partial charge in [-0.05, 0) is 14.1 Å². The molecule has 0 fully saturated rings. The summed E-state index contributed by atoms with van der Waals surface area (Å²) in [6.07, 6.45) is 0. The van der Waals surface area contributed by atoms with Gasteiger partial charge in [0.1, 0.15) is 5.69 Å². The molecular formula is C8H12N2O2. The smallest absolute Gasteiger partial charge is 0.181 e. The summed E-state index contributed by atoms with van der Waals surface area (Å²) in [5.74, 6) is 0.647. The van der Waals surface area contributed by atoms with Gasteiger partial charge in [0.05, 0.1) is 6.54 Å². The van der Waals surface area contributed by atoms with E-state index in [1.54, 1.807) is 6.07 Å². The Morgan fingerprint density at radius 3 is 2.75 bits per heavy atom. The quantitative estimate of drug-likeness (QED) is 0.630. The minimum atomic E-state index is -0.0660. The predicted molar refractivity (Wildman–Crippen MR) is 43.9 cm³/mol. The van der Waals surface area contributed by atoms with Crippen LogP contribution in [0.2, 0.25) is 0 Å². The molecule has 4 heteroatoms. The summed E-state index contributed by atoms with van der Waals surface area (Å²) in [6.45, 7) is 2.14. The number of rotatable bonds is 3. The largest absolute Gasteiger partial charge is 0.359 e. The molecular weight excluding hydrogens is 156 g/mol. The molecule has 0 aliphatic rings. The fourth-order valence-electron chi connectivity index (χ4n) is 0.865. The van der Waals surface area contributed by atoms with Crippen molar-refractivity contribution in [3.8, 4) is 0 Å². The van der Waals surface area contributed by atoms with Crippen molar-refractivity contribution in [3.05, 3.63) is 17.5 Å². The van der Waals surface area contributed by atoms with Gasteiger partial charge < -0.3 is 9.42 Å². The van der Waals surface area contributed by atoms with Crippen LogP contribution in [0.15, 0.2) is 10.6 Å². The zero-order chi connectivity index (χ0) is 9.14. The number of carbonyl (C=O) groups excluding carboxylic acids is 1. The molecule has 0 aromatic carbocycles. The molecule has 0 spiro atoms. The summed E-state index contributed by atoms with van der Waals surface area (Å²) in [5, 5.41) is 3.62. The van der Waals surface area contributed by atoms with Crippen molar-refractivity contribution < 1.29 is 9.32 Å². The van der Waals surface area contributed by atoms with Crippen LogP contribution in [0.25, 0.3) is 0 Å². The molecule has 0 saturated heterocycles. The van der Waals surface area contributed by atoms with Crippen LogP contribution in [0.1, 0.15) is 23.2 Å². The van der Waals surface area contributed by atoms with Gasteiger partial charge in [0.25, 0.3) is 0 Å². The topological polar surface area (TPSA) is 46.3 Å². The molecule has 4 nitrogen and oxygen atoms in total. The first-order valence-electron chi connectivity index (χ1n) is 3.71. The van der Waals surface area contributed by atoms with E-state index >= 15 is 0 Å². The number of carbonyl (C=O) groups is 1. The number of hydrogen-bond donors (Lipinski definition) is 0. The summed E-state index contributed by atoms with van der Waals surface area (Å²) in [7, 11) is 3.85. The summed E-state index contributed by atoms with van der Waals surface area (Å²) in [4.78, 5) is 12.8. The highest BCUT2D eigenvalue weighted by Gasteiger charge is 2.07. The molecule has 0 unspecified atom stereocenters. The minimum absolute atomic E-state index is 0.0660. The van der Waals surface area contributed by atoms with Crippen molar-refractivity contribution >= 4 is 5.78 Å². The summed E-state index contributed by atoms with van der Waals surface area (Å²) in [5.41, 5.74) is 0.395. The number of ketones is 1. The van der Waals surface area contributed by atoms with E-state index in [1.165, 1.54) is 6.92 Å². The van der Waals surface area contributed by atoms with Crippen molar-refractivity contribution in [2.24, 2.45) is 0 Å². The Labute approximate surface area is 71.1 Å². The van der Waals surface area contributed by atoms with Gasteiger partial charge in [-0.3, -0.25) is 4.79 Å². The lowest BCUT2D eigenvalue weighted by Gasteiger charge is -2.03. The van der Waals surface area contributed by atoms with Crippen molar-refractivity contribution in [2.75, 3.05) is 14.1 Å². The Kier molecular flexibility index (Phi) is 2.60. The Balaban J connectivity index is 2.71. The van der Waals surface area contributed by atoms with Gasteiger partial charge in [-0.1, -0.05) is 5.16 Å². The van der Waals surface area contributed by atoms with E-state index in [4.69, 9.17) is 4.52 Å². The molecule has 0 aliphatic carbocycles. The van der Waals surface area contributed by atoms with E-state index in [1.807, 2.05) is 19.0 Å². The first-order chi connectivity index (χ1) is 5.59. The van der Waals surface area contributed by atoms with Crippen LogP contribution in [0.3, 0.4) is 0 Å². The molecule has 12 heavy (non-hydrogen) atoms. The molecule has 0 radical (unpaired) electrons. The molecule has 0 saturated carbocycles. The second-order valence-corrected chi connectivity index (χ2v) is 2.97. The number of Topliss-reactive ketones (excluding diaryl/α,β-unsaturated/α-hetero) is 1. The minimum Gasteiger partial charge on any atom is -0.359 e. The zero-order valence-corrected chi connectivity index (χ0v) is 7.50. The standard InChI is InChI=1S/C8H12N2O2/c1-6(11)8-4-7(12-9-8)5-10(2)3/h4H,5H2,1-3H3. The SMILES string of the molecule is CC(=O)c1cc(CN(C)C)on1. The first-order valence-corrected chi connectivity index (χ1v) is 3.71. The number of hydrogen-bond acceptors (Lipinski definition) is 4. The monoisotopic (exact) mass is 168 g/mol. The highest BCUT2D eigenvalue weighted by molar-refractivity contribution is 5.91. The van der Waals surface area contributed by atoms with Crippen LogP contribution in [0.4, 0.5) is 0 Å². The molecule has 0 bridgehead atoms. The zero-order valence-electron chi connectivity index (χ0n) is 7.50. The highest BCUT2D eigenvalue weighted by Crippen LogP contribution is 2.05. The van der Waals surface area contributed by atoms with Gasteiger partial charge in [-0.15, -0.1) is 0 Å². The Morgan fingerprint density at radius 1 is 1.67 bits per heavy atom.